The van der Waals surface area contributed by atoms with Crippen molar-refractivity contribution < 1.29 is 14.3 Å². The van der Waals surface area contributed by atoms with E-state index < -0.39 is 11.8 Å². The number of carbonyl (C=O) groups excluding carboxylic acids is 2. The van der Waals surface area contributed by atoms with E-state index in [4.69, 9.17) is 40.2 Å². The first kappa shape index (κ1) is 22.0. The standard InChI is InChI=1S/C24H16Cl2N2O3S/c25-19-7-4-8-20(21(19)26)28-23(30)18(22(29)27-24(28)32)13-15-9-11-17(12-10-15)31-14-16-5-2-1-3-6-16/h1-13H,14H2,(H,27,29,32)/b18-13+. The molecule has 160 valence electrons. The molecule has 0 spiro atoms. The van der Waals surface area contributed by atoms with E-state index in [1.807, 2.05) is 30.3 Å². The van der Waals surface area contributed by atoms with E-state index in [0.29, 0.717) is 23.6 Å². The average Bonchev–Trinajstić information content (AvgIpc) is 2.79. The van der Waals surface area contributed by atoms with E-state index in [1.165, 1.54) is 6.08 Å². The minimum atomic E-state index is -0.590. The molecule has 0 unspecified atom stereocenters. The van der Waals surface area contributed by atoms with Gasteiger partial charge in [-0.25, -0.2) is 0 Å². The van der Waals surface area contributed by atoms with Crippen molar-refractivity contribution in [3.8, 4) is 5.75 Å². The fourth-order valence-corrected chi connectivity index (χ4v) is 3.76. The van der Waals surface area contributed by atoms with Gasteiger partial charge in [-0.1, -0.05) is 71.7 Å². The summed E-state index contributed by atoms with van der Waals surface area (Å²) in [6, 6.07) is 21.7. The molecule has 2 amide bonds. The SMILES string of the molecule is O=C1NC(=S)N(c2cccc(Cl)c2Cl)C(=O)/C1=C/c1ccc(OCc2ccccc2)cc1. The molecule has 1 aliphatic rings. The molecule has 0 aromatic heterocycles. The third kappa shape index (κ3) is 4.67. The van der Waals surface area contributed by atoms with E-state index in [1.54, 1.807) is 42.5 Å². The summed E-state index contributed by atoms with van der Waals surface area (Å²) in [5.74, 6) is -0.505. The van der Waals surface area contributed by atoms with Crippen LogP contribution in [0.25, 0.3) is 6.08 Å². The molecular formula is C24H16Cl2N2O3S. The predicted molar refractivity (Wildman–Crippen MR) is 130 cm³/mol. The van der Waals surface area contributed by atoms with Crippen molar-refractivity contribution in [2.24, 2.45) is 0 Å². The molecule has 0 aliphatic carbocycles. The van der Waals surface area contributed by atoms with Crippen molar-refractivity contribution in [2.75, 3.05) is 4.90 Å². The van der Waals surface area contributed by atoms with Gasteiger partial charge >= 0.3 is 0 Å². The van der Waals surface area contributed by atoms with Crippen LogP contribution >= 0.6 is 35.4 Å². The minimum Gasteiger partial charge on any atom is -0.489 e. The molecule has 1 saturated heterocycles. The zero-order valence-electron chi connectivity index (χ0n) is 16.5. The molecule has 1 fully saturated rings. The summed E-state index contributed by atoms with van der Waals surface area (Å²) < 4.78 is 5.77. The molecule has 1 heterocycles. The number of anilines is 1. The highest BCUT2D eigenvalue weighted by atomic mass is 35.5. The van der Waals surface area contributed by atoms with Crippen LogP contribution < -0.4 is 15.0 Å². The predicted octanol–water partition coefficient (Wildman–Crippen LogP) is 5.40. The van der Waals surface area contributed by atoms with E-state index in [9.17, 15) is 9.59 Å². The first-order valence-electron chi connectivity index (χ1n) is 9.56. The molecule has 0 saturated carbocycles. The summed E-state index contributed by atoms with van der Waals surface area (Å²) in [5, 5.41) is 2.90. The Morgan fingerprint density at radius 2 is 1.66 bits per heavy atom. The zero-order valence-corrected chi connectivity index (χ0v) is 18.9. The van der Waals surface area contributed by atoms with E-state index in [0.717, 1.165) is 10.5 Å². The van der Waals surface area contributed by atoms with Crippen molar-refractivity contribution in [2.45, 2.75) is 6.61 Å². The number of nitrogens with one attached hydrogen (secondary N) is 1. The van der Waals surface area contributed by atoms with Gasteiger partial charge in [0, 0.05) is 0 Å². The van der Waals surface area contributed by atoms with Gasteiger partial charge in [0.25, 0.3) is 11.8 Å². The number of thiocarbonyl (C=S) groups is 1. The van der Waals surface area contributed by atoms with Crippen LogP contribution in [0.5, 0.6) is 5.75 Å². The number of halogens is 2. The third-order valence-electron chi connectivity index (χ3n) is 4.71. The summed E-state index contributed by atoms with van der Waals surface area (Å²) in [5.41, 5.74) is 1.93. The van der Waals surface area contributed by atoms with E-state index in [2.05, 4.69) is 5.32 Å². The normalized spacial score (nSPS) is 15.1. The molecule has 4 rings (SSSR count). The largest absolute Gasteiger partial charge is 0.489 e. The lowest BCUT2D eigenvalue weighted by molar-refractivity contribution is -0.122. The number of nitrogens with zero attached hydrogens (tertiary/aromatic N) is 1. The fourth-order valence-electron chi connectivity index (χ4n) is 3.11. The van der Waals surface area contributed by atoms with Crippen LogP contribution in [-0.4, -0.2) is 16.9 Å². The minimum absolute atomic E-state index is 0.0639. The number of rotatable bonds is 5. The maximum atomic E-state index is 13.1. The second-order valence-electron chi connectivity index (χ2n) is 6.87. The quantitative estimate of drug-likeness (QED) is 0.300. The Bertz CT molecular complexity index is 1230. The van der Waals surface area contributed by atoms with Crippen LogP contribution in [-0.2, 0) is 16.2 Å². The number of hydrogen-bond donors (Lipinski definition) is 1. The van der Waals surface area contributed by atoms with Crippen LogP contribution in [0.2, 0.25) is 10.0 Å². The molecule has 3 aromatic rings. The Morgan fingerprint density at radius 3 is 2.38 bits per heavy atom. The molecule has 5 nitrogen and oxygen atoms in total. The number of ether oxygens (including phenoxy) is 1. The molecule has 0 bridgehead atoms. The number of hydrogen-bond acceptors (Lipinski definition) is 4. The Morgan fingerprint density at radius 1 is 0.938 bits per heavy atom. The smallest absolute Gasteiger partial charge is 0.270 e. The van der Waals surface area contributed by atoms with Crippen LogP contribution in [0.1, 0.15) is 11.1 Å². The van der Waals surface area contributed by atoms with Crippen molar-refractivity contribution in [3.63, 3.8) is 0 Å². The number of benzene rings is 3. The molecular weight excluding hydrogens is 467 g/mol. The Labute approximate surface area is 200 Å². The Kier molecular flexibility index (Phi) is 6.55. The summed E-state index contributed by atoms with van der Waals surface area (Å²) in [4.78, 5) is 26.8. The highest BCUT2D eigenvalue weighted by Crippen LogP contribution is 2.34. The van der Waals surface area contributed by atoms with Crippen LogP contribution in [0.4, 0.5) is 5.69 Å². The maximum Gasteiger partial charge on any atom is 0.270 e. The van der Waals surface area contributed by atoms with Crippen LogP contribution in [0.3, 0.4) is 0 Å². The van der Waals surface area contributed by atoms with Gasteiger partial charge in [-0.3, -0.25) is 19.8 Å². The molecule has 0 atom stereocenters. The lowest BCUT2D eigenvalue weighted by atomic mass is 10.1. The van der Waals surface area contributed by atoms with E-state index >= 15 is 0 Å². The van der Waals surface area contributed by atoms with Crippen molar-refractivity contribution in [1.82, 2.24) is 5.32 Å². The number of carbonyl (C=O) groups is 2. The zero-order chi connectivity index (χ0) is 22.7. The van der Waals surface area contributed by atoms with Crippen molar-refractivity contribution >= 4 is 64.1 Å². The molecule has 32 heavy (non-hydrogen) atoms. The Hall–Kier alpha value is -3.19. The van der Waals surface area contributed by atoms with Gasteiger partial charge in [0.15, 0.2) is 5.11 Å². The molecule has 1 aliphatic heterocycles. The lowest BCUT2D eigenvalue weighted by Gasteiger charge is -2.29. The van der Waals surface area contributed by atoms with Gasteiger partial charge in [0.05, 0.1) is 15.7 Å². The van der Waals surface area contributed by atoms with E-state index in [-0.39, 0.29) is 20.7 Å². The maximum absolute atomic E-state index is 13.1. The second kappa shape index (κ2) is 9.53. The Balaban J connectivity index is 1.55. The van der Waals surface area contributed by atoms with Gasteiger partial charge < -0.3 is 4.74 Å². The summed E-state index contributed by atoms with van der Waals surface area (Å²) in [7, 11) is 0. The fraction of sp³-hybridized carbons (Fsp3) is 0.0417. The first-order chi connectivity index (χ1) is 15.4. The number of amides is 2. The molecule has 3 aromatic carbocycles. The average molecular weight is 483 g/mol. The topological polar surface area (TPSA) is 58.6 Å². The summed E-state index contributed by atoms with van der Waals surface area (Å²) in [6.45, 7) is 0.439. The van der Waals surface area contributed by atoms with Gasteiger partial charge in [0.1, 0.15) is 17.9 Å². The summed E-state index contributed by atoms with van der Waals surface area (Å²) >= 11 is 17.5. The third-order valence-corrected chi connectivity index (χ3v) is 5.81. The molecule has 1 N–H and O–H groups in total. The van der Waals surface area contributed by atoms with Crippen molar-refractivity contribution in [3.05, 3.63) is 99.5 Å². The molecule has 0 radical (unpaired) electrons. The van der Waals surface area contributed by atoms with Crippen LogP contribution in [0.15, 0.2) is 78.4 Å². The van der Waals surface area contributed by atoms with Crippen LogP contribution in [0, 0.1) is 0 Å². The van der Waals surface area contributed by atoms with Gasteiger partial charge in [-0.2, -0.15) is 0 Å². The van der Waals surface area contributed by atoms with Gasteiger partial charge in [-0.05, 0) is 53.7 Å². The van der Waals surface area contributed by atoms with Gasteiger partial charge in [-0.15, -0.1) is 0 Å². The highest BCUT2D eigenvalue weighted by molar-refractivity contribution is 7.80. The lowest BCUT2D eigenvalue weighted by Crippen LogP contribution is -2.54. The summed E-state index contributed by atoms with van der Waals surface area (Å²) in [6.07, 6.45) is 1.49. The van der Waals surface area contributed by atoms with Crippen molar-refractivity contribution in [1.29, 1.82) is 0 Å². The first-order valence-corrected chi connectivity index (χ1v) is 10.7. The second-order valence-corrected chi connectivity index (χ2v) is 8.05. The monoisotopic (exact) mass is 482 g/mol. The molecule has 8 heteroatoms. The highest BCUT2D eigenvalue weighted by Gasteiger charge is 2.35. The van der Waals surface area contributed by atoms with Gasteiger partial charge in [0.2, 0.25) is 0 Å².